The van der Waals surface area contributed by atoms with Crippen LogP contribution in [0.5, 0.6) is 5.75 Å². The van der Waals surface area contributed by atoms with Crippen molar-refractivity contribution in [2.45, 2.75) is 39.0 Å². The average molecular weight is 481 g/mol. The molecular weight excluding hydrogens is 444 g/mol. The van der Waals surface area contributed by atoms with Gasteiger partial charge in [0.2, 0.25) is 11.8 Å². The summed E-state index contributed by atoms with van der Waals surface area (Å²) in [5.41, 5.74) is 0.951. The summed E-state index contributed by atoms with van der Waals surface area (Å²) < 4.78 is 10.6. The lowest BCUT2D eigenvalue weighted by Crippen LogP contribution is -2.45. The van der Waals surface area contributed by atoms with Gasteiger partial charge in [-0.05, 0) is 56.6 Å². The molecule has 7 heteroatoms. The van der Waals surface area contributed by atoms with Gasteiger partial charge in [0.25, 0.3) is 0 Å². The van der Waals surface area contributed by atoms with E-state index in [9.17, 15) is 14.4 Å². The molecule has 188 valence electrons. The molecule has 0 bridgehead atoms. The number of ether oxygens (including phenoxy) is 2. The number of methoxy groups -OCH3 is 1. The Bertz CT molecular complexity index is 993. The number of carbonyl (C=O) groups excluding carboxylic acids is 3. The van der Waals surface area contributed by atoms with Gasteiger partial charge in [0, 0.05) is 37.8 Å². The number of nitrogens with zero attached hydrogens (tertiary/aromatic N) is 2. The summed E-state index contributed by atoms with van der Waals surface area (Å²) in [6.07, 6.45) is 11.3. The summed E-state index contributed by atoms with van der Waals surface area (Å²) in [6, 6.07) is 7.70. The lowest BCUT2D eigenvalue weighted by Gasteiger charge is -2.39. The van der Waals surface area contributed by atoms with Crippen LogP contribution in [0.3, 0.4) is 0 Å². The first-order chi connectivity index (χ1) is 17.0. The van der Waals surface area contributed by atoms with Gasteiger partial charge in [-0.15, -0.1) is 0 Å². The van der Waals surface area contributed by atoms with E-state index in [0.717, 1.165) is 37.1 Å². The number of amides is 2. The number of benzene rings is 1. The standard InChI is InChI=1S/C28H36N2O5/c1-3-35-24-11-7-4-8-21(24)12-13-25(31)29-17-14-28(15-18-29)16-19-30(20-28)26(32)22-9-5-6-10-23(22)27(33)34-2/h4-8,11-13,22-23H,3,9-10,14-20H2,1-2H3. The van der Waals surface area contributed by atoms with Crippen molar-refractivity contribution in [2.24, 2.45) is 17.3 Å². The Morgan fingerprint density at radius 1 is 1.00 bits per heavy atom. The first kappa shape index (κ1) is 25.0. The molecule has 35 heavy (non-hydrogen) atoms. The lowest BCUT2D eigenvalue weighted by molar-refractivity contribution is -0.153. The highest BCUT2D eigenvalue weighted by molar-refractivity contribution is 5.92. The van der Waals surface area contributed by atoms with Gasteiger partial charge in [-0.25, -0.2) is 0 Å². The van der Waals surface area contributed by atoms with E-state index in [0.29, 0.717) is 39.1 Å². The Kier molecular flexibility index (Phi) is 7.93. The Hall–Kier alpha value is -3.09. The predicted molar refractivity (Wildman–Crippen MR) is 133 cm³/mol. The fourth-order valence-corrected chi connectivity index (χ4v) is 5.64. The molecule has 2 heterocycles. The Morgan fingerprint density at radius 3 is 2.34 bits per heavy atom. The Balaban J connectivity index is 1.32. The number of rotatable bonds is 6. The van der Waals surface area contributed by atoms with Gasteiger partial charge in [-0.3, -0.25) is 14.4 Å². The van der Waals surface area contributed by atoms with Crippen LogP contribution >= 0.6 is 0 Å². The van der Waals surface area contributed by atoms with Crippen molar-refractivity contribution >= 4 is 23.9 Å². The minimum absolute atomic E-state index is 0.00648. The van der Waals surface area contributed by atoms with Gasteiger partial charge >= 0.3 is 5.97 Å². The maximum atomic E-state index is 13.3. The maximum Gasteiger partial charge on any atom is 0.309 e. The highest BCUT2D eigenvalue weighted by Gasteiger charge is 2.45. The third-order valence-electron chi connectivity index (χ3n) is 7.76. The van der Waals surface area contributed by atoms with Crippen LogP contribution in [-0.4, -0.2) is 67.5 Å². The van der Waals surface area contributed by atoms with Gasteiger partial charge in [-0.1, -0.05) is 30.4 Å². The molecule has 7 nitrogen and oxygen atoms in total. The zero-order chi connectivity index (χ0) is 24.8. The number of para-hydroxylation sites is 1. The molecule has 0 aromatic heterocycles. The van der Waals surface area contributed by atoms with Gasteiger partial charge in [0.1, 0.15) is 5.75 Å². The van der Waals surface area contributed by atoms with E-state index < -0.39 is 5.92 Å². The molecule has 1 aromatic carbocycles. The van der Waals surface area contributed by atoms with Crippen LogP contribution < -0.4 is 4.74 Å². The summed E-state index contributed by atoms with van der Waals surface area (Å²) in [6.45, 7) is 5.32. The molecular formula is C28H36N2O5. The molecule has 0 saturated carbocycles. The lowest BCUT2D eigenvalue weighted by atomic mass is 9.77. The SMILES string of the molecule is CCOc1ccccc1C=CC(=O)N1CCC2(CC1)CCN(C(=O)C1CC=CCC1C(=O)OC)C2. The molecule has 1 aromatic rings. The van der Waals surface area contributed by atoms with E-state index in [1.165, 1.54) is 7.11 Å². The maximum absolute atomic E-state index is 13.3. The minimum atomic E-state index is -0.395. The highest BCUT2D eigenvalue weighted by Crippen LogP contribution is 2.42. The largest absolute Gasteiger partial charge is 0.493 e. The Morgan fingerprint density at radius 2 is 1.66 bits per heavy atom. The van der Waals surface area contributed by atoms with Crippen LogP contribution in [-0.2, 0) is 19.1 Å². The summed E-state index contributed by atoms with van der Waals surface area (Å²) in [7, 11) is 1.38. The first-order valence-corrected chi connectivity index (χ1v) is 12.7. The van der Waals surface area contributed by atoms with Crippen LogP contribution in [0.2, 0.25) is 0 Å². The molecule has 2 saturated heterocycles. The van der Waals surface area contributed by atoms with Crippen molar-refractivity contribution in [3.8, 4) is 5.75 Å². The van der Waals surface area contributed by atoms with Gasteiger partial charge in [0.15, 0.2) is 0 Å². The molecule has 1 aliphatic carbocycles. The molecule has 1 spiro atoms. The third kappa shape index (κ3) is 5.60. The second kappa shape index (κ2) is 11.1. The molecule has 0 radical (unpaired) electrons. The number of carbonyl (C=O) groups is 3. The van der Waals surface area contributed by atoms with Crippen LogP contribution in [0.15, 0.2) is 42.5 Å². The number of esters is 1. The summed E-state index contributed by atoms with van der Waals surface area (Å²) >= 11 is 0. The zero-order valence-corrected chi connectivity index (χ0v) is 20.8. The minimum Gasteiger partial charge on any atom is -0.493 e. The topological polar surface area (TPSA) is 76.2 Å². The molecule has 4 rings (SSSR count). The van der Waals surface area contributed by atoms with Gasteiger partial charge < -0.3 is 19.3 Å². The van der Waals surface area contributed by atoms with E-state index in [1.807, 2.05) is 59.2 Å². The van der Waals surface area contributed by atoms with Crippen molar-refractivity contribution < 1.29 is 23.9 Å². The van der Waals surface area contributed by atoms with E-state index >= 15 is 0 Å². The molecule has 3 aliphatic rings. The molecule has 2 unspecified atom stereocenters. The predicted octanol–water partition coefficient (Wildman–Crippen LogP) is 3.70. The first-order valence-electron chi connectivity index (χ1n) is 12.7. The second-order valence-corrected chi connectivity index (χ2v) is 9.82. The van der Waals surface area contributed by atoms with E-state index in [4.69, 9.17) is 9.47 Å². The van der Waals surface area contributed by atoms with Crippen molar-refractivity contribution in [2.75, 3.05) is 39.9 Å². The number of piperidine rings is 1. The van der Waals surface area contributed by atoms with Crippen LogP contribution in [0.25, 0.3) is 6.08 Å². The van der Waals surface area contributed by atoms with Crippen LogP contribution in [0.1, 0.15) is 44.6 Å². The van der Waals surface area contributed by atoms with E-state index in [1.54, 1.807) is 6.08 Å². The normalized spacial score (nSPS) is 23.6. The van der Waals surface area contributed by atoms with E-state index in [2.05, 4.69) is 0 Å². The number of allylic oxidation sites excluding steroid dienone is 2. The molecule has 2 atom stereocenters. The zero-order valence-electron chi connectivity index (χ0n) is 20.8. The van der Waals surface area contributed by atoms with Crippen molar-refractivity contribution in [1.82, 2.24) is 9.80 Å². The quantitative estimate of drug-likeness (QED) is 0.353. The smallest absolute Gasteiger partial charge is 0.309 e. The summed E-state index contributed by atoms with van der Waals surface area (Å²) in [5.74, 6) is -0.189. The summed E-state index contributed by atoms with van der Waals surface area (Å²) in [4.78, 5) is 42.2. The number of likely N-dealkylation sites (tertiary alicyclic amines) is 2. The third-order valence-corrected chi connectivity index (χ3v) is 7.76. The van der Waals surface area contributed by atoms with Crippen molar-refractivity contribution in [1.29, 1.82) is 0 Å². The average Bonchev–Trinajstić information content (AvgIpc) is 3.31. The van der Waals surface area contributed by atoms with Crippen LogP contribution in [0.4, 0.5) is 0 Å². The number of hydrogen-bond acceptors (Lipinski definition) is 5. The van der Waals surface area contributed by atoms with Crippen LogP contribution in [0, 0.1) is 17.3 Å². The molecule has 2 aliphatic heterocycles. The monoisotopic (exact) mass is 480 g/mol. The number of hydrogen-bond donors (Lipinski definition) is 0. The molecule has 2 amide bonds. The van der Waals surface area contributed by atoms with Gasteiger partial charge in [-0.2, -0.15) is 0 Å². The van der Waals surface area contributed by atoms with Crippen molar-refractivity contribution in [3.05, 3.63) is 48.1 Å². The fraction of sp³-hybridized carbons (Fsp3) is 0.536. The Labute approximate surface area is 207 Å². The fourth-order valence-electron chi connectivity index (χ4n) is 5.64. The molecule has 2 fully saturated rings. The van der Waals surface area contributed by atoms with Gasteiger partial charge in [0.05, 0.1) is 25.6 Å². The highest BCUT2D eigenvalue weighted by atomic mass is 16.5. The second-order valence-electron chi connectivity index (χ2n) is 9.82. The summed E-state index contributed by atoms with van der Waals surface area (Å²) in [5, 5.41) is 0. The van der Waals surface area contributed by atoms with E-state index in [-0.39, 0.29) is 29.1 Å². The molecule has 0 N–H and O–H groups in total. The van der Waals surface area contributed by atoms with Crippen molar-refractivity contribution in [3.63, 3.8) is 0 Å².